The number of aryl methyl sites for hydroxylation is 1. The third kappa shape index (κ3) is 3.70. The van der Waals surface area contributed by atoms with Crippen LogP contribution >= 0.6 is 0 Å². The molecular formula is C25H32N2O3. The highest BCUT2D eigenvalue weighted by atomic mass is 16.5. The van der Waals surface area contributed by atoms with Crippen molar-refractivity contribution in [2.45, 2.75) is 66.3 Å². The lowest BCUT2D eigenvalue weighted by atomic mass is 9.65. The first-order valence-corrected chi connectivity index (χ1v) is 11.0. The molecule has 5 nitrogen and oxygen atoms in total. The Morgan fingerprint density at radius 3 is 2.67 bits per heavy atom. The number of likely N-dealkylation sites (tertiary alicyclic amines) is 1. The van der Waals surface area contributed by atoms with Gasteiger partial charge in [0.1, 0.15) is 0 Å². The van der Waals surface area contributed by atoms with Gasteiger partial charge in [0.25, 0.3) is 5.91 Å². The molecule has 5 heteroatoms. The highest BCUT2D eigenvalue weighted by Crippen LogP contribution is 2.52. The standard InChI is InChI=1S/C25H32N2O3/c1-6-19-16(2)22(18-9-7-8-10-20(18)26-19)23(29)30-13-21(28)27-15-25(5)12-17(27)11-24(3,4)14-25/h7-10,17H,6,11-15H2,1-5H3. The number of para-hydroxylation sites is 1. The van der Waals surface area contributed by atoms with Crippen LogP contribution in [-0.2, 0) is 16.0 Å². The zero-order valence-electron chi connectivity index (χ0n) is 18.7. The van der Waals surface area contributed by atoms with Crippen LogP contribution in [0.25, 0.3) is 10.9 Å². The Morgan fingerprint density at radius 1 is 1.20 bits per heavy atom. The van der Waals surface area contributed by atoms with Crippen LogP contribution in [-0.4, -0.2) is 41.0 Å². The van der Waals surface area contributed by atoms with Crippen molar-refractivity contribution < 1.29 is 14.3 Å². The Kier molecular flexibility index (Phi) is 5.11. The number of pyridine rings is 1. The minimum atomic E-state index is -0.442. The van der Waals surface area contributed by atoms with Gasteiger partial charge in [-0.25, -0.2) is 4.79 Å². The number of hydrogen-bond acceptors (Lipinski definition) is 4. The molecule has 2 heterocycles. The highest BCUT2D eigenvalue weighted by Gasteiger charge is 2.50. The van der Waals surface area contributed by atoms with Gasteiger partial charge in [-0.15, -0.1) is 0 Å². The first-order valence-electron chi connectivity index (χ1n) is 11.0. The number of carbonyl (C=O) groups excluding carboxylic acids is 2. The van der Waals surface area contributed by atoms with Gasteiger partial charge < -0.3 is 9.64 Å². The minimum absolute atomic E-state index is 0.0819. The molecule has 160 valence electrons. The molecule has 2 bridgehead atoms. The molecule has 2 aliphatic rings. The van der Waals surface area contributed by atoms with Gasteiger partial charge in [-0.3, -0.25) is 9.78 Å². The van der Waals surface area contributed by atoms with E-state index in [1.165, 1.54) is 0 Å². The Labute approximate surface area is 178 Å². The van der Waals surface area contributed by atoms with Crippen LogP contribution in [0.4, 0.5) is 0 Å². The number of benzene rings is 1. The number of nitrogens with zero attached hydrogens (tertiary/aromatic N) is 2. The SMILES string of the molecule is CCc1nc2ccccc2c(C(=O)OCC(=O)N2CC3(C)CC2CC(C)(C)C3)c1C. The molecule has 1 aliphatic heterocycles. The van der Waals surface area contributed by atoms with E-state index in [-0.39, 0.29) is 29.4 Å². The van der Waals surface area contributed by atoms with E-state index in [2.05, 4.69) is 25.8 Å². The van der Waals surface area contributed by atoms with Crippen molar-refractivity contribution in [2.75, 3.05) is 13.2 Å². The summed E-state index contributed by atoms with van der Waals surface area (Å²) in [7, 11) is 0. The van der Waals surface area contributed by atoms with Gasteiger partial charge in [0.05, 0.1) is 11.1 Å². The van der Waals surface area contributed by atoms with Crippen LogP contribution in [0.1, 0.15) is 68.6 Å². The number of rotatable bonds is 4. The molecule has 1 amide bonds. The van der Waals surface area contributed by atoms with Crippen molar-refractivity contribution in [1.82, 2.24) is 9.88 Å². The molecule has 1 aromatic heterocycles. The first-order chi connectivity index (χ1) is 14.1. The van der Waals surface area contributed by atoms with Gasteiger partial charge in [-0.1, -0.05) is 45.9 Å². The highest BCUT2D eigenvalue weighted by molar-refractivity contribution is 6.05. The molecule has 4 rings (SSSR count). The van der Waals surface area contributed by atoms with Gasteiger partial charge in [0.2, 0.25) is 0 Å². The summed E-state index contributed by atoms with van der Waals surface area (Å²) in [6, 6.07) is 7.85. The van der Waals surface area contributed by atoms with Gasteiger partial charge in [0, 0.05) is 23.7 Å². The van der Waals surface area contributed by atoms with E-state index >= 15 is 0 Å². The second kappa shape index (κ2) is 7.36. The normalized spacial score (nSPS) is 24.8. The lowest BCUT2D eigenvalue weighted by Crippen LogP contribution is -2.39. The summed E-state index contributed by atoms with van der Waals surface area (Å²) in [4.78, 5) is 32.6. The molecule has 2 unspecified atom stereocenters. The van der Waals surface area contributed by atoms with E-state index < -0.39 is 5.97 Å². The molecule has 1 saturated heterocycles. The van der Waals surface area contributed by atoms with E-state index in [1.807, 2.05) is 43.0 Å². The molecule has 0 radical (unpaired) electrons. The molecule has 0 spiro atoms. The van der Waals surface area contributed by atoms with Crippen LogP contribution in [0.3, 0.4) is 0 Å². The van der Waals surface area contributed by atoms with Crippen molar-refractivity contribution in [1.29, 1.82) is 0 Å². The molecule has 1 aliphatic carbocycles. The maximum atomic E-state index is 13.0. The number of hydrogen-bond donors (Lipinski definition) is 0. The van der Waals surface area contributed by atoms with Crippen LogP contribution in [0.15, 0.2) is 24.3 Å². The second-order valence-electron chi connectivity index (χ2n) is 10.2. The van der Waals surface area contributed by atoms with Crippen molar-refractivity contribution in [3.8, 4) is 0 Å². The summed E-state index contributed by atoms with van der Waals surface area (Å²) in [6.07, 6.45) is 3.92. The predicted molar refractivity (Wildman–Crippen MR) is 117 cm³/mol. The van der Waals surface area contributed by atoms with Crippen molar-refractivity contribution >= 4 is 22.8 Å². The fourth-order valence-corrected chi connectivity index (χ4v) is 6.00. The van der Waals surface area contributed by atoms with Gasteiger partial charge in [0.15, 0.2) is 6.61 Å². The fourth-order valence-electron chi connectivity index (χ4n) is 6.00. The Morgan fingerprint density at radius 2 is 1.93 bits per heavy atom. The molecule has 1 aromatic carbocycles. The Balaban J connectivity index is 1.52. The lowest BCUT2D eigenvalue weighted by molar-refractivity contribution is -0.135. The van der Waals surface area contributed by atoms with Crippen molar-refractivity contribution in [3.05, 3.63) is 41.1 Å². The average Bonchev–Trinajstić information content (AvgIpc) is 2.94. The van der Waals surface area contributed by atoms with E-state index in [4.69, 9.17) is 4.74 Å². The van der Waals surface area contributed by atoms with Gasteiger partial charge in [-0.2, -0.15) is 0 Å². The Bertz CT molecular complexity index is 1010. The first kappa shape index (κ1) is 20.8. The fraction of sp³-hybridized carbons (Fsp3) is 0.560. The zero-order chi connectivity index (χ0) is 21.7. The van der Waals surface area contributed by atoms with E-state index in [9.17, 15) is 9.59 Å². The molecule has 1 saturated carbocycles. The topological polar surface area (TPSA) is 59.5 Å². The number of fused-ring (bicyclic) bond motifs is 3. The molecule has 30 heavy (non-hydrogen) atoms. The van der Waals surface area contributed by atoms with E-state index in [0.717, 1.165) is 54.4 Å². The quantitative estimate of drug-likeness (QED) is 0.689. The predicted octanol–water partition coefficient (Wildman–Crippen LogP) is 4.69. The van der Waals surface area contributed by atoms with E-state index in [0.29, 0.717) is 5.56 Å². The van der Waals surface area contributed by atoms with Gasteiger partial charge >= 0.3 is 5.97 Å². The lowest BCUT2D eigenvalue weighted by Gasteiger charge is -2.39. The summed E-state index contributed by atoms with van der Waals surface area (Å²) in [6.45, 7) is 11.3. The Hall–Kier alpha value is -2.43. The zero-order valence-corrected chi connectivity index (χ0v) is 18.7. The number of esters is 1. The third-order valence-corrected chi connectivity index (χ3v) is 6.84. The van der Waals surface area contributed by atoms with Crippen molar-refractivity contribution in [2.24, 2.45) is 10.8 Å². The third-order valence-electron chi connectivity index (χ3n) is 6.84. The van der Waals surface area contributed by atoms with Crippen LogP contribution in [0.2, 0.25) is 0 Å². The summed E-state index contributed by atoms with van der Waals surface area (Å²) < 4.78 is 5.57. The summed E-state index contributed by atoms with van der Waals surface area (Å²) >= 11 is 0. The van der Waals surface area contributed by atoms with Gasteiger partial charge in [-0.05, 0) is 55.1 Å². The summed E-state index contributed by atoms with van der Waals surface area (Å²) in [5, 5.41) is 0.774. The number of aromatic nitrogens is 1. The monoisotopic (exact) mass is 408 g/mol. The van der Waals surface area contributed by atoms with Crippen LogP contribution < -0.4 is 0 Å². The average molecular weight is 409 g/mol. The molecule has 2 atom stereocenters. The van der Waals surface area contributed by atoms with Crippen LogP contribution in [0, 0.1) is 17.8 Å². The minimum Gasteiger partial charge on any atom is -0.452 e. The molecule has 2 fully saturated rings. The summed E-state index contributed by atoms with van der Waals surface area (Å²) in [5.41, 5.74) is 3.43. The van der Waals surface area contributed by atoms with E-state index in [1.54, 1.807) is 0 Å². The molecule has 0 N–H and O–H groups in total. The number of carbonyl (C=O) groups is 2. The molecule has 2 aromatic rings. The largest absolute Gasteiger partial charge is 0.452 e. The number of ether oxygens (including phenoxy) is 1. The summed E-state index contributed by atoms with van der Waals surface area (Å²) in [5.74, 6) is -0.524. The second-order valence-corrected chi connectivity index (χ2v) is 10.2. The smallest absolute Gasteiger partial charge is 0.339 e. The maximum absolute atomic E-state index is 13.0. The molecular weight excluding hydrogens is 376 g/mol. The van der Waals surface area contributed by atoms with Crippen molar-refractivity contribution in [3.63, 3.8) is 0 Å². The number of amides is 1. The van der Waals surface area contributed by atoms with Crippen LogP contribution in [0.5, 0.6) is 0 Å². The maximum Gasteiger partial charge on any atom is 0.339 e.